The first kappa shape index (κ1) is 15.6. The lowest BCUT2D eigenvalue weighted by Crippen LogP contribution is -2.45. The zero-order chi connectivity index (χ0) is 15.3. The summed E-state index contributed by atoms with van der Waals surface area (Å²) in [6, 6.07) is 4.48. The van der Waals surface area contributed by atoms with Crippen LogP contribution in [0.3, 0.4) is 0 Å². The lowest BCUT2D eigenvalue weighted by molar-refractivity contribution is -0.385. The average Bonchev–Trinajstić information content (AvgIpc) is 2.70. The van der Waals surface area contributed by atoms with Gasteiger partial charge in [-0.3, -0.25) is 10.1 Å². The maximum Gasteiger partial charge on any atom is 0.311 e. The molecule has 0 heterocycles. The van der Waals surface area contributed by atoms with Gasteiger partial charge in [0.1, 0.15) is 12.4 Å². The Morgan fingerprint density at radius 1 is 1.29 bits per heavy atom. The topological polar surface area (TPSA) is 87.6 Å². The number of benzene rings is 1. The Bertz CT molecular complexity index is 496. The van der Waals surface area contributed by atoms with Crippen LogP contribution in [0.2, 0.25) is 0 Å². The van der Waals surface area contributed by atoms with E-state index in [0.717, 1.165) is 25.7 Å². The minimum atomic E-state index is -0.453. The molecule has 1 fully saturated rings. The van der Waals surface area contributed by atoms with Crippen LogP contribution in [-0.4, -0.2) is 24.2 Å². The molecule has 1 aromatic rings. The summed E-state index contributed by atoms with van der Waals surface area (Å²) in [6.45, 7) is 0.293. The Morgan fingerprint density at radius 2 is 1.95 bits per heavy atom. The van der Waals surface area contributed by atoms with Gasteiger partial charge in [-0.15, -0.1) is 0 Å². The van der Waals surface area contributed by atoms with Crippen LogP contribution in [0.25, 0.3) is 0 Å². The lowest BCUT2D eigenvalue weighted by Gasteiger charge is -2.27. The summed E-state index contributed by atoms with van der Waals surface area (Å²) >= 11 is 0. The van der Waals surface area contributed by atoms with E-state index in [2.05, 4.69) is 0 Å². The molecule has 1 saturated carbocycles. The first-order valence-corrected chi connectivity index (χ1v) is 7.28. The molecule has 6 nitrogen and oxygen atoms in total. The molecule has 1 aliphatic carbocycles. The lowest BCUT2D eigenvalue weighted by atomic mass is 9.92. The summed E-state index contributed by atoms with van der Waals surface area (Å²) in [5.74, 6) is 0.746. The van der Waals surface area contributed by atoms with Gasteiger partial charge in [0.15, 0.2) is 0 Å². The van der Waals surface area contributed by atoms with Crippen molar-refractivity contribution in [2.24, 2.45) is 5.73 Å². The van der Waals surface area contributed by atoms with Crippen LogP contribution in [0.4, 0.5) is 5.69 Å². The fourth-order valence-corrected chi connectivity index (χ4v) is 2.69. The molecular formula is C15H22N2O4. The molecule has 6 heteroatoms. The highest BCUT2D eigenvalue weighted by Crippen LogP contribution is 2.33. The number of nitro groups is 1. The normalized spacial score (nSPS) is 17.8. The number of nitrogens with two attached hydrogens (primary N) is 1. The second kappa shape index (κ2) is 6.76. The Labute approximate surface area is 124 Å². The number of rotatable bonds is 5. The van der Waals surface area contributed by atoms with E-state index >= 15 is 0 Å². The van der Waals surface area contributed by atoms with Gasteiger partial charge in [-0.2, -0.15) is 0 Å². The summed E-state index contributed by atoms with van der Waals surface area (Å²) in [5.41, 5.74) is 5.92. The van der Waals surface area contributed by atoms with Gasteiger partial charge in [0.05, 0.1) is 17.6 Å². The second-order valence-corrected chi connectivity index (χ2v) is 5.66. The predicted molar refractivity (Wildman–Crippen MR) is 79.8 cm³/mol. The van der Waals surface area contributed by atoms with Crippen LogP contribution in [0.15, 0.2) is 18.2 Å². The summed E-state index contributed by atoms with van der Waals surface area (Å²) in [7, 11) is 1.51. The first-order chi connectivity index (χ1) is 10.0. The van der Waals surface area contributed by atoms with Crippen molar-refractivity contribution in [1.29, 1.82) is 0 Å². The number of hydrogen-bond acceptors (Lipinski definition) is 5. The van der Waals surface area contributed by atoms with Gasteiger partial charge < -0.3 is 15.2 Å². The van der Waals surface area contributed by atoms with Crippen LogP contribution >= 0.6 is 0 Å². The molecule has 0 saturated heterocycles. The molecule has 0 spiro atoms. The van der Waals surface area contributed by atoms with E-state index in [-0.39, 0.29) is 11.4 Å². The first-order valence-electron chi connectivity index (χ1n) is 7.28. The standard InChI is InChI=1S/C15H22N2O4/c1-20-12-6-7-13(17(18)19)14(10-12)21-11-15(16)8-4-2-3-5-9-15/h6-7,10H,2-5,8-9,11,16H2,1H3. The second-order valence-electron chi connectivity index (χ2n) is 5.66. The van der Waals surface area contributed by atoms with Crippen LogP contribution in [-0.2, 0) is 0 Å². The molecule has 2 rings (SSSR count). The highest BCUT2D eigenvalue weighted by atomic mass is 16.6. The van der Waals surface area contributed by atoms with E-state index in [1.165, 1.54) is 32.1 Å². The molecule has 2 N–H and O–H groups in total. The molecule has 0 amide bonds. The highest BCUT2D eigenvalue weighted by Gasteiger charge is 2.28. The van der Waals surface area contributed by atoms with Crippen molar-refractivity contribution >= 4 is 5.69 Å². The molecular weight excluding hydrogens is 272 g/mol. The van der Waals surface area contributed by atoms with Crippen LogP contribution in [0.5, 0.6) is 11.5 Å². The van der Waals surface area contributed by atoms with Gasteiger partial charge in [0.2, 0.25) is 5.75 Å². The summed E-state index contributed by atoms with van der Waals surface area (Å²) in [4.78, 5) is 10.6. The molecule has 1 aromatic carbocycles. The molecule has 21 heavy (non-hydrogen) atoms. The largest absolute Gasteiger partial charge is 0.497 e. The van der Waals surface area contributed by atoms with Crippen molar-refractivity contribution < 1.29 is 14.4 Å². The molecule has 0 aromatic heterocycles. The third kappa shape index (κ3) is 4.07. The fraction of sp³-hybridized carbons (Fsp3) is 0.600. The van der Waals surface area contributed by atoms with Crippen LogP contribution in [0, 0.1) is 10.1 Å². The summed E-state index contributed by atoms with van der Waals surface area (Å²) in [6.07, 6.45) is 6.34. The molecule has 116 valence electrons. The monoisotopic (exact) mass is 294 g/mol. The van der Waals surface area contributed by atoms with Crippen molar-refractivity contribution in [1.82, 2.24) is 0 Å². The highest BCUT2D eigenvalue weighted by molar-refractivity contribution is 5.50. The molecule has 0 aliphatic heterocycles. The molecule has 1 aliphatic rings. The fourth-order valence-electron chi connectivity index (χ4n) is 2.69. The number of nitro benzene ring substituents is 1. The van der Waals surface area contributed by atoms with E-state index in [0.29, 0.717) is 12.4 Å². The SMILES string of the molecule is COc1ccc([N+](=O)[O-])c(OCC2(N)CCCCCC2)c1. The quantitative estimate of drug-likeness (QED) is 0.512. The van der Waals surface area contributed by atoms with Gasteiger partial charge in [-0.25, -0.2) is 0 Å². The van der Waals surface area contributed by atoms with E-state index in [4.69, 9.17) is 15.2 Å². The van der Waals surface area contributed by atoms with Gasteiger partial charge in [0.25, 0.3) is 0 Å². The van der Waals surface area contributed by atoms with Gasteiger partial charge in [0, 0.05) is 12.1 Å². The smallest absolute Gasteiger partial charge is 0.311 e. The van der Waals surface area contributed by atoms with Gasteiger partial charge >= 0.3 is 5.69 Å². The summed E-state index contributed by atoms with van der Waals surface area (Å²) in [5, 5.41) is 11.1. The van der Waals surface area contributed by atoms with Crippen molar-refractivity contribution in [2.45, 2.75) is 44.1 Å². The van der Waals surface area contributed by atoms with E-state index in [1.54, 1.807) is 6.07 Å². The van der Waals surface area contributed by atoms with Crippen LogP contribution in [0.1, 0.15) is 38.5 Å². The minimum absolute atomic E-state index is 0.0620. The Morgan fingerprint density at radius 3 is 2.52 bits per heavy atom. The van der Waals surface area contributed by atoms with E-state index < -0.39 is 10.5 Å². The van der Waals surface area contributed by atoms with E-state index in [1.807, 2.05) is 0 Å². The number of ether oxygens (including phenoxy) is 2. The van der Waals surface area contributed by atoms with Crippen molar-refractivity contribution in [3.8, 4) is 11.5 Å². The maximum absolute atomic E-state index is 11.1. The minimum Gasteiger partial charge on any atom is -0.497 e. The number of nitrogens with zero attached hydrogens (tertiary/aromatic N) is 1. The number of hydrogen-bond donors (Lipinski definition) is 1. The van der Waals surface area contributed by atoms with Crippen molar-refractivity contribution in [3.05, 3.63) is 28.3 Å². The Hall–Kier alpha value is -1.82. The third-order valence-electron chi connectivity index (χ3n) is 3.98. The van der Waals surface area contributed by atoms with E-state index in [9.17, 15) is 10.1 Å². The average molecular weight is 294 g/mol. The van der Waals surface area contributed by atoms with Gasteiger partial charge in [-0.05, 0) is 18.9 Å². The molecule has 0 bridgehead atoms. The summed E-state index contributed by atoms with van der Waals surface area (Å²) < 4.78 is 10.8. The predicted octanol–water partition coefficient (Wildman–Crippen LogP) is 3.03. The zero-order valence-electron chi connectivity index (χ0n) is 12.3. The van der Waals surface area contributed by atoms with Gasteiger partial charge in [-0.1, -0.05) is 25.7 Å². The Balaban J connectivity index is 2.12. The molecule has 0 radical (unpaired) electrons. The number of methoxy groups -OCH3 is 1. The van der Waals surface area contributed by atoms with Crippen molar-refractivity contribution in [2.75, 3.05) is 13.7 Å². The third-order valence-corrected chi connectivity index (χ3v) is 3.98. The Kier molecular flexibility index (Phi) is 5.01. The zero-order valence-corrected chi connectivity index (χ0v) is 12.3. The maximum atomic E-state index is 11.1. The molecule has 0 unspecified atom stereocenters. The molecule has 0 atom stereocenters. The van der Waals surface area contributed by atoms with Crippen molar-refractivity contribution in [3.63, 3.8) is 0 Å². The van der Waals surface area contributed by atoms with Crippen LogP contribution < -0.4 is 15.2 Å².